The molecule has 0 aromatic heterocycles. The first-order chi connectivity index (χ1) is 7.56. The van der Waals surface area contributed by atoms with Crippen LogP contribution in [0, 0.1) is 0 Å². The maximum absolute atomic E-state index is 11.9. The molecule has 0 aromatic rings. The van der Waals surface area contributed by atoms with Crippen LogP contribution < -0.4 is 5.73 Å². The molecule has 0 bridgehead atoms. The second-order valence-corrected chi connectivity index (χ2v) is 6.21. The lowest BCUT2D eigenvalue weighted by Gasteiger charge is -2.27. The van der Waals surface area contributed by atoms with Crippen LogP contribution in [0.5, 0.6) is 0 Å². The highest BCUT2D eigenvalue weighted by Crippen LogP contribution is 2.09. The summed E-state index contributed by atoms with van der Waals surface area (Å²) in [6, 6.07) is -0.243. The van der Waals surface area contributed by atoms with E-state index in [4.69, 9.17) is 10.5 Å². The van der Waals surface area contributed by atoms with Crippen LogP contribution in [0.3, 0.4) is 0 Å². The zero-order valence-electron chi connectivity index (χ0n) is 9.89. The van der Waals surface area contributed by atoms with E-state index in [-0.39, 0.29) is 11.8 Å². The van der Waals surface area contributed by atoms with E-state index in [9.17, 15) is 8.42 Å². The third kappa shape index (κ3) is 4.37. The van der Waals surface area contributed by atoms with Crippen molar-refractivity contribution in [3.8, 4) is 0 Å². The smallest absolute Gasteiger partial charge is 0.215 e. The molecule has 0 aliphatic carbocycles. The fourth-order valence-corrected chi connectivity index (χ4v) is 3.37. The summed E-state index contributed by atoms with van der Waals surface area (Å²) in [7, 11) is -3.18. The first kappa shape index (κ1) is 13.9. The quantitative estimate of drug-likeness (QED) is 0.729. The van der Waals surface area contributed by atoms with Gasteiger partial charge < -0.3 is 10.5 Å². The predicted octanol–water partition coefficient (Wildman–Crippen LogP) is 0.166. The van der Waals surface area contributed by atoms with Crippen molar-refractivity contribution in [2.75, 3.05) is 32.1 Å². The van der Waals surface area contributed by atoms with Gasteiger partial charge >= 0.3 is 0 Å². The summed E-state index contributed by atoms with van der Waals surface area (Å²) in [5, 5.41) is 0. The second kappa shape index (κ2) is 6.54. The Morgan fingerprint density at radius 3 is 2.56 bits per heavy atom. The molecule has 5 nitrogen and oxygen atoms in total. The third-order valence-corrected chi connectivity index (χ3v) is 4.72. The number of rotatable bonds is 6. The minimum absolute atomic E-state index is 0.0625. The molecule has 1 atom stereocenters. The van der Waals surface area contributed by atoms with Crippen LogP contribution in [0.2, 0.25) is 0 Å². The first-order valence-corrected chi connectivity index (χ1v) is 7.48. The average molecular weight is 250 g/mol. The van der Waals surface area contributed by atoms with Crippen LogP contribution in [0.15, 0.2) is 0 Å². The number of morpholine rings is 1. The number of hydrogen-bond acceptors (Lipinski definition) is 4. The monoisotopic (exact) mass is 250 g/mol. The molecule has 0 saturated carbocycles. The van der Waals surface area contributed by atoms with Crippen molar-refractivity contribution in [1.82, 2.24) is 4.31 Å². The van der Waals surface area contributed by atoms with Gasteiger partial charge in [-0.1, -0.05) is 19.8 Å². The van der Waals surface area contributed by atoms with Crippen molar-refractivity contribution in [3.05, 3.63) is 0 Å². The number of nitrogens with zero attached hydrogens (tertiary/aromatic N) is 1. The van der Waals surface area contributed by atoms with Gasteiger partial charge in [0.2, 0.25) is 10.0 Å². The molecule has 1 aliphatic rings. The van der Waals surface area contributed by atoms with Crippen LogP contribution >= 0.6 is 0 Å². The molecule has 0 amide bonds. The van der Waals surface area contributed by atoms with Gasteiger partial charge in [0, 0.05) is 19.1 Å². The summed E-state index contributed by atoms with van der Waals surface area (Å²) in [6.07, 6.45) is 2.81. The van der Waals surface area contributed by atoms with Gasteiger partial charge in [0.15, 0.2) is 0 Å². The van der Waals surface area contributed by atoms with E-state index in [1.54, 1.807) is 0 Å². The van der Waals surface area contributed by atoms with Gasteiger partial charge in [-0.3, -0.25) is 0 Å². The Hall–Kier alpha value is -0.170. The predicted molar refractivity (Wildman–Crippen MR) is 63.7 cm³/mol. The molecule has 1 rings (SSSR count). The standard InChI is InChI=1S/C10H22N2O3S/c1-2-3-4-10(11)9-16(13,14)12-5-7-15-8-6-12/h10H,2-9,11H2,1H3. The van der Waals surface area contributed by atoms with Gasteiger partial charge in [-0.15, -0.1) is 0 Å². The van der Waals surface area contributed by atoms with E-state index in [0.29, 0.717) is 26.3 Å². The van der Waals surface area contributed by atoms with Crippen molar-refractivity contribution < 1.29 is 13.2 Å². The molecule has 0 aromatic carbocycles. The molecular weight excluding hydrogens is 228 g/mol. The topological polar surface area (TPSA) is 72.6 Å². The Morgan fingerprint density at radius 2 is 2.00 bits per heavy atom. The van der Waals surface area contributed by atoms with Crippen molar-refractivity contribution >= 4 is 10.0 Å². The van der Waals surface area contributed by atoms with Crippen molar-refractivity contribution in [2.24, 2.45) is 5.73 Å². The summed E-state index contributed by atoms with van der Waals surface area (Å²) >= 11 is 0. The van der Waals surface area contributed by atoms with E-state index in [1.165, 1.54) is 4.31 Å². The van der Waals surface area contributed by atoms with Crippen molar-refractivity contribution in [1.29, 1.82) is 0 Å². The zero-order chi connectivity index (χ0) is 12.0. The number of sulfonamides is 1. The van der Waals surface area contributed by atoms with Gasteiger partial charge in [-0.2, -0.15) is 4.31 Å². The van der Waals surface area contributed by atoms with E-state index in [0.717, 1.165) is 19.3 Å². The third-order valence-electron chi connectivity index (χ3n) is 2.72. The molecule has 1 unspecified atom stereocenters. The Labute approximate surface area is 98.0 Å². The van der Waals surface area contributed by atoms with E-state index < -0.39 is 10.0 Å². The van der Waals surface area contributed by atoms with Gasteiger partial charge in [0.05, 0.1) is 19.0 Å². The minimum Gasteiger partial charge on any atom is -0.379 e. The highest BCUT2D eigenvalue weighted by atomic mass is 32.2. The fourth-order valence-electron chi connectivity index (χ4n) is 1.75. The zero-order valence-corrected chi connectivity index (χ0v) is 10.7. The van der Waals surface area contributed by atoms with Gasteiger partial charge in [-0.25, -0.2) is 8.42 Å². The molecule has 0 radical (unpaired) electrons. The number of ether oxygens (including phenoxy) is 1. The largest absolute Gasteiger partial charge is 0.379 e. The van der Waals surface area contributed by atoms with E-state index >= 15 is 0 Å². The highest BCUT2D eigenvalue weighted by molar-refractivity contribution is 7.89. The van der Waals surface area contributed by atoms with Gasteiger partial charge in [0.25, 0.3) is 0 Å². The normalized spacial score (nSPS) is 20.9. The van der Waals surface area contributed by atoms with Crippen molar-refractivity contribution in [2.45, 2.75) is 32.2 Å². The Morgan fingerprint density at radius 1 is 1.38 bits per heavy atom. The number of hydrogen-bond donors (Lipinski definition) is 1. The highest BCUT2D eigenvalue weighted by Gasteiger charge is 2.26. The summed E-state index contributed by atoms with van der Waals surface area (Å²) in [6.45, 7) is 3.97. The lowest BCUT2D eigenvalue weighted by Crippen LogP contribution is -2.45. The molecule has 6 heteroatoms. The van der Waals surface area contributed by atoms with Crippen LogP contribution in [0.1, 0.15) is 26.2 Å². The van der Waals surface area contributed by atoms with Gasteiger partial charge in [-0.05, 0) is 6.42 Å². The molecule has 1 saturated heterocycles. The molecule has 16 heavy (non-hydrogen) atoms. The lowest BCUT2D eigenvalue weighted by atomic mass is 10.2. The lowest BCUT2D eigenvalue weighted by molar-refractivity contribution is 0.0729. The van der Waals surface area contributed by atoms with Crippen LogP contribution in [0.25, 0.3) is 0 Å². The van der Waals surface area contributed by atoms with Crippen molar-refractivity contribution in [3.63, 3.8) is 0 Å². The van der Waals surface area contributed by atoms with Crippen LogP contribution in [-0.4, -0.2) is 50.8 Å². The summed E-state index contributed by atoms with van der Waals surface area (Å²) in [5.41, 5.74) is 5.82. The Kier molecular flexibility index (Phi) is 5.68. The molecule has 2 N–H and O–H groups in total. The molecule has 0 spiro atoms. The Bertz CT molecular complexity index is 286. The number of nitrogens with two attached hydrogens (primary N) is 1. The first-order valence-electron chi connectivity index (χ1n) is 5.87. The van der Waals surface area contributed by atoms with E-state index in [2.05, 4.69) is 6.92 Å². The maximum Gasteiger partial charge on any atom is 0.215 e. The molecule has 1 fully saturated rings. The molecule has 1 heterocycles. The van der Waals surface area contributed by atoms with E-state index in [1.807, 2.05) is 0 Å². The fraction of sp³-hybridized carbons (Fsp3) is 1.00. The number of unbranched alkanes of at least 4 members (excludes halogenated alkanes) is 1. The Balaban J connectivity index is 2.43. The average Bonchev–Trinajstić information content (AvgIpc) is 2.27. The maximum atomic E-state index is 11.9. The molecule has 96 valence electrons. The summed E-state index contributed by atoms with van der Waals surface area (Å²) < 4.78 is 30.5. The van der Waals surface area contributed by atoms with Gasteiger partial charge in [0.1, 0.15) is 0 Å². The second-order valence-electron chi connectivity index (χ2n) is 4.19. The van der Waals surface area contributed by atoms with Crippen LogP contribution in [-0.2, 0) is 14.8 Å². The molecular formula is C10H22N2O3S. The minimum atomic E-state index is -3.18. The SMILES string of the molecule is CCCCC(N)CS(=O)(=O)N1CCOCC1. The van der Waals surface area contributed by atoms with Crippen LogP contribution in [0.4, 0.5) is 0 Å². The molecule has 1 aliphatic heterocycles. The summed E-state index contributed by atoms with van der Waals surface area (Å²) in [5.74, 6) is 0.0625. The summed E-state index contributed by atoms with van der Waals surface area (Å²) in [4.78, 5) is 0.